The molecule has 1 amide bonds. The van der Waals surface area contributed by atoms with Gasteiger partial charge in [0.25, 0.3) is 5.91 Å². The van der Waals surface area contributed by atoms with Crippen LogP contribution >= 0.6 is 0 Å². The molecule has 1 aromatic carbocycles. The molecule has 2 aliphatic heterocycles. The van der Waals surface area contributed by atoms with Gasteiger partial charge >= 0.3 is 0 Å². The number of fused-ring (bicyclic) bond motifs is 1. The van der Waals surface area contributed by atoms with Gasteiger partial charge in [-0.2, -0.15) is 0 Å². The van der Waals surface area contributed by atoms with Crippen LogP contribution in [0.2, 0.25) is 0 Å². The molecule has 0 bridgehead atoms. The van der Waals surface area contributed by atoms with Gasteiger partial charge in [0.05, 0.1) is 25.4 Å². The number of aliphatic hydroxyl groups is 1. The molecule has 142 valence electrons. The summed E-state index contributed by atoms with van der Waals surface area (Å²) in [5.74, 6) is 0.259. The Bertz CT molecular complexity index is 811. The lowest BCUT2D eigenvalue weighted by Gasteiger charge is -2.30. The first kappa shape index (κ1) is 17.8. The van der Waals surface area contributed by atoms with E-state index in [0.29, 0.717) is 19.0 Å². The van der Waals surface area contributed by atoms with E-state index in [4.69, 9.17) is 4.74 Å². The van der Waals surface area contributed by atoms with E-state index < -0.39 is 6.10 Å². The molecule has 27 heavy (non-hydrogen) atoms. The van der Waals surface area contributed by atoms with Crippen LogP contribution < -0.4 is 16.0 Å². The van der Waals surface area contributed by atoms with Crippen LogP contribution in [0.15, 0.2) is 36.7 Å². The van der Waals surface area contributed by atoms with Crippen LogP contribution in [0.1, 0.15) is 21.6 Å². The Labute approximate surface area is 157 Å². The standard InChI is InChI=1S/C19H23N5O3/c25-17(15-5-12-3-1-2-4-13(12)7-20-15)8-21-19(26)16-6-18(23-11-22-16)24-14-9-27-10-14/h1-4,6,11,14-15,17,20,25H,5,7-10H2,(H,21,26)(H,22,23,24)/t15-,17+/m0/s1. The predicted molar refractivity (Wildman–Crippen MR) is 99.4 cm³/mol. The molecule has 0 saturated carbocycles. The minimum absolute atomic E-state index is 0.0959. The molecular weight excluding hydrogens is 346 g/mol. The molecular formula is C19H23N5O3. The second-order valence-corrected chi connectivity index (χ2v) is 6.90. The summed E-state index contributed by atoms with van der Waals surface area (Å²) >= 11 is 0. The maximum Gasteiger partial charge on any atom is 0.270 e. The highest BCUT2D eigenvalue weighted by Gasteiger charge is 2.25. The van der Waals surface area contributed by atoms with E-state index in [9.17, 15) is 9.90 Å². The lowest BCUT2D eigenvalue weighted by molar-refractivity contribution is 0.0209. The normalized spacial score (nSPS) is 20.3. The Hall–Kier alpha value is -2.55. The van der Waals surface area contributed by atoms with Gasteiger partial charge in [-0.3, -0.25) is 4.79 Å². The smallest absolute Gasteiger partial charge is 0.270 e. The zero-order chi connectivity index (χ0) is 18.6. The number of amides is 1. The lowest BCUT2D eigenvalue weighted by Crippen LogP contribution is -2.49. The number of carbonyl (C=O) groups is 1. The first-order chi connectivity index (χ1) is 13.2. The second kappa shape index (κ2) is 7.99. The van der Waals surface area contributed by atoms with Gasteiger partial charge in [-0.1, -0.05) is 24.3 Å². The van der Waals surface area contributed by atoms with Gasteiger partial charge in [-0.05, 0) is 17.5 Å². The van der Waals surface area contributed by atoms with Crippen LogP contribution in [0.3, 0.4) is 0 Å². The summed E-state index contributed by atoms with van der Waals surface area (Å²) in [6.45, 7) is 2.14. The van der Waals surface area contributed by atoms with E-state index in [-0.39, 0.29) is 30.2 Å². The fourth-order valence-electron chi connectivity index (χ4n) is 3.27. The van der Waals surface area contributed by atoms with Gasteiger partial charge in [0.1, 0.15) is 17.8 Å². The van der Waals surface area contributed by atoms with E-state index in [1.54, 1.807) is 6.07 Å². The second-order valence-electron chi connectivity index (χ2n) is 6.90. The summed E-state index contributed by atoms with van der Waals surface area (Å²) in [6, 6.07) is 9.92. The van der Waals surface area contributed by atoms with Crippen LogP contribution in [-0.4, -0.2) is 58.9 Å². The van der Waals surface area contributed by atoms with Gasteiger partial charge in [0.15, 0.2) is 0 Å². The first-order valence-corrected chi connectivity index (χ1v) is 9.12. The highest BCUT2D eigenvalue weighted by Crippen LogP contribution is 2.18. The Morgan fingerprint density at radius 2 is 2.11 bits per heavy atom. The van der Waals surface area contributed by atoms with Gasteiger partial charge in [-0.25, -0.2) is 9.97 Å². The van der Waals surface area contributed by atoms with Crippen molar-refractivity contribution in [3.63, 3.8) is 0 Å². The van der Waals surface area contributed by atoms with E-state index in [1.807, 2.05) is 12.1 Å². The Morgan fingerprint density at radius 1 is 1.30 bits per heavy atom. The first-order valence-electron chi connectivity index (χ1n) is 9.12. The van der Waals surface area contributed by atoms with Crippen molar-refractivity contribution >= 4 is 11.7 Å². The number of rotatable bonds is 6. The molecule has 2 aliphatic rings. The minimum atomic E-state index is -0.686. The van der Waals surface area contributed by atoms with Gasteiger partial charge in [-0.15, -0.1) is 0 Å². The maximum atomic E-state index is 12.4. The van der Waals surface area contributed by atoms with Gasteiger partial charge in [0, 0.05) is 25.2 Å². The monoisotopic (exact) mass is 369 g/mol. The van der Waals surface area contributed by atoms with Crippen molar-refractivity contribution in [1.82, 2.24) is 20.6 Å². The van der Waals surface area contributed by atoms with E-state index in [1.165, 1.54) is 17.5 Å². The number of nitrogens with zero attached hydrogens (tertiary/aromatic N) is 2. The number of carbonyl (C=O) groups excluding carboxylic acids is 1. The third-order valence-corrected chi connectivity index (χ3v) is 4.94. The molecule has 2 aromatic rings. The molecule has 8 heteroatoms. The summed E-state index contributed by atoms with van der Waals surface area (Å²) in [5, 5.41) is 19.7. The van der Waals surface area contributed by atoms with Crippen molar-refractivity contribution in [3.05, 3.63) is 53.5 Å². The zero-order valence-corrected chi connectivity index (χ0v) is 14.9. The number of ether oxygens (including phenoxy) is 1. The number of hydrogen-bond acceptors (Lipinski definition) is 7. The summed E-state index contributed by atoms with van der Waals surface area (Å²) in [7, 11) is 0. The molecule has 0 radical (unpaired) electrons. The molecule has 2 atom stereocenters. The van der Waals surface area contributed by atoms with E-state index in [0.717, 1.165) is 13.0 Å². The molecule has 3 heterocycles. The Balaban J connectivity index is 1.30. The van der Waals surface area contributed by atoms with Crippen LogP contribution in [0.5, 0.6) is 0 Å². The summed E-state index contributed by atoms with van der Waals surface area (Å²) < 4.78 is 5.11. The zero-order valence-electron chi connectivity index (χ0n) is 14.9. The largest absolute Gasteiger partial charge is 0.390 e. The fourth-order valence-corrected chi connectivity index (χ4v) is 3.27. The van der Waals surface area contributed by atoms with Crippen molar-refractivity contribution in [2.75, 3.05) is 25.1 Å². The molecule has 0 spiro atoms. The maximum absolute atomic E-state index is 12.4. The SMILES string of the molecule is O=C(NC[C@@H](O)[C@@H]1Cc2ccccc2CN1)c1cc(NC2COC2)ncn1. The highest BCUT2D eigenvalue weighted by molar-refractivity contribution is 5.92. The topological polar surface area (TPSA) is 108 Å². The molecule has 4 rings (SSSR count). The van der Waals surface area contributed by atoms with Crippen molar-refractivity contribution in [2.45, 2.75) is 31.2 Å². The summed E-state index contributed by atoms with van der Waals surface area (Å²) in [4.78, 5) is 20.5. The van der Waals surface area contributed by atoms with Crippen LogP contribution in [0.25, 0.3) is 0 Å². The van der Waals surface area contributed by atoms with E-state index in [2.05, 4.69) is 38.1 Å². The van der Waals surface area contributed by atoms with Crippen LogP contribution in [0.4, 0.5) is 5.82 Å². The summed E-state index contributed by atoms with van der Waals surface area (Å²) in [6.07, 6.45) is 1.40. The number of aliphatic hydroxyl groups excluding tert-OH is 1. The lowest BCUT2D eigenvalue weighted by atomic mass is 9.93. The predicted octanol–water partition coefficient (Wildman–Crippen LogP) is 0.0925. The molecule has 1 saturated heterocycles. The third kappa shape index (κ3) is 4.24. The number of aromatic nitrogens is 2. The average molecular weight is 369 g/mol. The number of benzene rings is 1. The summed E-state index contributed by atoms with van der Waals surface area (Å²) in [5.41, 5.74) is 2.75. The third-order valence-electron chi connectivity index (χ3n) is 4.94. The molecule has 8 nitrogen and oxygen atoms in total. The van der Waals surface area contributed by atoms with Crippen molar-refractivity contribution in [3.8, 4) is 0 Å². The Morgan fingerprint density at radius 3 is 2.89 bits per heavy atom. The van der Waals surface area contributed by atoms with Crippen molar-refractivity contribution in [1.29, 1.82) is 0 Å². The number of anilines is 1. The van der Waals surface area contributed by atoms with Crippen molar-refractivity contribution < 1.29 is 14.6 Å². The highest BCUT2D eigenvalue weighted by atomic mass is 16.5. The van der Waals surface area contributed by atoms with Gasteiger partial charge in [0.2, 0.25) is 0 Å². The Kier molecular flexibility index (Phi) is 5.28. The quantitative estimate of drug-likeness (QED) is 0.572. The van der Waals surface area contributed by atoms with Gasteiger partial charge < -0.3 is 25.8 Å². The average Bonchev–Trinajstić information content (AvgIpc) is 2.68. The van der Waals surface area contributed by atoms with Crippen LogP contribution in [0, 0.1) is 0 Å². The minimum Gasteiger partial charge on any atom is -0.390 e. The number of hydrogen-bond donors (Lipinski definition) is 4. The van der Waals surface area contributed by atoms with Crippen LogP contribution in [-0.2, 0) is 17.7 Å². The van der Waals surface area contributed by atoms with E-state index >= 15 is 0 Å². The fraction of sp³-hybridized carbons (Fsp3) is 0.421. The molecule has 4 N–H and O–H groups in total. The number of nitrogens with one attached hydrogen (secondary N) is 3. The molecule has 1 aromatic heterocycles. The molecule has 0 unspecified atom stereocenters. The molecule has 1 fully saturated rings. The van der Waals surface area contributed by atoms with Crippen molar-refractivity contribution in [2.24, 2.45) is 0 Å². The molecule has 0 aliphatic carbocycles.